The number of hydrogen-bond donors (Lipinski definition) is 2. The lowest BCUT2D eigenvalue weighted by Gasteiger charge is -2.19. The van der Waals surface area contributed by atoms with Crippen molar-refractivity contribution in [3.05, 3.63) is 70.6 Å². The number of aliphatic carboxylic acids is 1. The summed E-state index contributed by atoms with van der Waals surface area (Å²) >= 11 is 1.51. The van der Waals surface area contributed by atoms with E-state index in [1.54, 1.807) is 6.08 Å². The van der Waals surface area contributed by atoms with Gasteiger partial charge in [-0.15, -0.1) is 11.3 Å². The average Bonchev–Trinajstić information content (AvgIpc) is 3.01. The smallest absolute Gasteiger partial charge is 0.328 e. The molecule has 0 spiro atoms. The van der Waals surface area contributed by atoms with Crippen LogP contribution in [0.4, 0.5) is 5.69 Å². The normalized spacial score (nSPS) is 11.8. The molecule has 138 valence electrons. The van der Waals surface area contributed by atoms with E-state index in [1.165, 1.54) is 11.3 Å². The minimum atomic E-state index is -0.974. The predicted octanol–water partition coefficient (Wildman–Crippen LogP) is 5.55. The van der Waals surface area contributed by atoms with Gasteiger partial charge in [0.25, 0.3) is 5.91 Å². The Labute approximate surface area is 162 Å². The molecule has 4 nitrogen and oxygen atoms in total. The predicted molar refractivity (Wildman–Crippen MR) is 112 cm³/mol. The lowest BCUT2D eigenvalue weighted by molar-refractivity contribution is -0.131. The molecule has 1 amide bonds. The van der Waals surface area contributed by atoms with Crippen LogP contribution in [0.3, 0.4) is 0 Å². The van der Waals surface area contributed by atoms with Crippen LogP contribution in [0.2, 0.25) is 0 Å². The number of fused-ring (bicyclic) bond motifs is 1. The number of amides is 1. The number of carboxylic acids is 1. The van der Waals surface area contributed by atoms with Crippen LogP contribution < -0.4 is 5.32 Å². The first-order valence-electron chi connectivity index (χ1n) is 8.59. The number of carboxylic acid groups (broad SMARTS) is 1. The van der Waals surface area contributed by atoms with E-state index >= 15 is 0 Å². The van der Waals surface area contributed by atoms with Crippen molar-refractivity contribution in [3.63, 3.8) is 0 Å². The van der Waals surface area contributed by atoms with E-state index in [1.807, 2.05) is 48.5 Å². The zero-order valence-corrected chi connectivity index (χ0v) is 16.3. The molecule has 0 bridgehead atoms. The lowest BCUT2D eigenvalue weighted by Crippen LogP contribution is -2.15. The van der Waals surface area contributed by atoms with E-state index in [0.717, 1.165) is 26.6 Å². The molecular weight excluding hydrogens is 358 g/mol. The molecule has 3 aromatic rings. The Morgan fingerprint density at radius 2 is 1.85 bits per heavy atom. The van der Waals surface area contributed by atoms with Gasteiger partial charge >= 0.3 is 5.97 Å². The van der Waals surface area contributed by atoms with Crippen molar-refractivity contribution in [2.45, 2.75) is 26.2 Å². The standard InChI is InChI=1S/C22H21NO3S/c1-22(2,3)16-6-4-5-14(11-16)21(26)23-17-7-9-19-15(12-17)13-18(27-19)8-10-20(24)25/h4-13H,1-3H3,(H,23,26)(H,24,25)/b10-8+. The molecule has 0 radical (unpaired) electrons. The first-order valence-corrected chi connectivity index (χ1v) is 9.40. The number of carbonyl (C=O) groups excluding carboxylic acids is 1. The highest BCUT2D eigenvalue weighted by Gasteiger charge is 2.16. The molecule has 0 aliphatic carbocycles. The highest BCUT2D eigenvalue weighted by molar-refractivity contribution is 7.19. The molecule has 0 fully saturated rings. The van der Waals surface area contributed by atoms with Crippen LogP contribution in [0.25, 0.3) is 16.2 Å². The van der Waals surface area contributed by atoms with Gasteiger partial charge in [0.15, 0.2) is 0 Å². The third-order valence-corrected chi connectivity index (χ3v) is 5.26. The van der Waals surface area contributed by atoms with Gasteiger partial charge in [0.05, 0.1) is 0 Å². The second-order valence-corrected chi connectivity index (χ2v) is 8.47. The largest absolute Gasteiger partial charge is 0.478 e. The van der Waals surface area contributed by atoms with Crippen molar-refractivity contribution in [1.29, 1.82) is 0 Å². The van der Waals surface area contributed by atoms with Crippen LogP contribution >= 0.6 is 11.3 Å². The SMILES string of the molecule is CC(C)(C)c1cccc(C(=O)Nc2ccc3sc(/C=C/C(=O)O)cc3c2)c1. The summed E-state index contributed by atoms with van der Waals surface area (Å²) in [4.78, 5) is 24.1. The number of hydrogen-bond acceptors (Lipinski definition) is 3. The van der Waals surface area contributed by atoms with Crippen LogP contribution in [0.5, 0.6) is 0 Å². The highest BCUT2D eigenvalue weighted by Crippen LogP contribution is 2.29. The number of nitrogens with one attached hydrogen (secondary N) is 1. The fourth-order valence-corrected chi connectivity index (χ4v) is 3.66. The Morgan fingerprint density at radius 3 is 2.56 bits per heavy atom. The Hall–Kier alpha value is -2.92. The van der Waals surface area contributed by atoms with Gasteiger partial charge in [-0.25, -0.2) is 4.79 Å². The fourth-order valence-electron chi connectivity index (χ4n) is 2.71. The van der Waals surface area contributed by atoms with Crippen molar-refractivity contribution >= 4 is 45.1 Å². The van der Waals surface area contributed by atoms with E-state index in [4.69, 9.17) is 5.11 Å². The number of thiophene rings is 1. The maximum atomic E-state index is 12.6. The average molecular weight is 379 g/mol. The van der Waals surface area contributed by atoms with Gasteiger partial charge in [0.1, 0.15) is 0 Å². The van der Waals surface area contributed by atoms with Crippen molar-refractivity contribution in [3.8, 4) is 0 Å². The van der Waals surface area contributed by atoms with Crippen LogP contribution in [-0.2, 0) is 10.2 Å². The number of rotatable bonds is 4. The summed E-state index contributed by atoms with van der Waals surface area (Å²) in [5.74, 6) is -1.13. The Balaban J connectivity index is 1.82. The van der Waals surface area contributed by atoms with Gasteiger partial charge in [-0.1, -0.05) is 32.9 Å². The van der Waals surface area contributed by atoms with Gasteiger partial charge in [-0.3, -0.25) is 4.79 Å². The molecule has 2 aromatic carbocycles. The molecule has 3 rings (SSSR count). The molecule has 5 heteroatoms. The molecule has 27 heavy (non-hydrogen) atoms. The minimum absolute atomic E-state index is 0.0221. The van der Waals surface area contributed by atoms with Crippen molar-refractivity contribution in [2.75, 3.05) is 5.32 Å². The summed E-state index contributed by atoms with van der Waals surface area (Å²) in [6.07, 6.45) is 2.69. The number of anilines is 1. The summed E-state index contributed by atoms with van der Waals surface area (Å²) in [5.41, 5.74) is 2.42. The van der Waals surface area contributed by atoms with Crippen LogP contribution in [0, 0.1) is 0 Å². The van der Waals surface area contributed by atoms with Crippen LogP contribution in [0.1, 0.15) is 41.6 Å². The first kappa shape index (κ1) is 18.9. The van der Waals surface area contributed by atoms with Gasteiger partial charge in [-0.05, 0) is 58.8 Å². The fraction of sp³-hybridized carbons (Fsp3) is 0.182. The van der Waals surface area contributed by atoms with E-state index < -0.39 is 5.97 Å². The van der Waals surface area contributed by atoms with Gasteiger partial charge in [0, 0.05) is 26.9 Å². The zero-order chi connectivity index (χ0) is 19.6. The monoisotopic (exact) mass is 379 g/mol. The molecule has 0 saturated heterocycles. The molecule has 0 aliphatic heterocycles. The third-order valence-electron chi connectivity index (χ3n) is 4.17. The Kier molecular flexibility index (Phi) is 5.15. The Morgan fingerprint density at radius 1 is 1.07 bits per heavy atom. The summed E-state index contributed by atoms with van der Waals surface area (Å²) in [5, 5.41) is 12.6. The van der Waals surface area contributed by atoms with Crippen molar-refractivity contribution < 1.29 is 14.7 Å². The van der Waals surface area contributed by atoms with Gasteiger partial charge in [0.2, 0.25) is 0 Å². The second-order valence-electron chi connectivity index (χ2n) is 7.36. The van der Waals surface area contributed by atoms with Gasteiger partial charge in [-0.2, -0.15) is 0 Å². The summed E-state index contributed by atoms with van der Waals surface area (Å²) in [6, 6.07) is 15.3. The van der Waals surface area contributed by atoms with Gasteiger partial charge < -0.3 is 10.4 Å². The maximum absolute atomic E-state index is 12.6. The zero-order valence-electron chi connectivity index (χ0n) is 15.4. The van der Waals surface area contributed by atoms with E-state index in [0.29, 0.717) is 11.3 Å². The number of carbonyl (C=O) groups is 2. The maximum Gasteiger partial charge on any atom is 0.328 e. The topological polar surface area (TPSA) is 66.4 Å². The molecule has 0 aliphatic rings. The quantitative estimate of drug-likeness (QED) is 0.584. The van der Waals surface area contributed by atoms with E-state index in [-0.39, 0.29) is 11.3 Å². The van der Waals surface area contributed by atoms with E-state index in [2.05, 4.69) is 26.1 Å². The molecule has 0 atom stereocenters. The minimum Gasteiger partial charge on any atom is -0.478 e. The lowest BCUT2D eigenvalue weighted by atomic mass is 9.86. The number of benzene rings is 2. The highest BCUT2D eigenvalue weighted by atomic mass is 32.1. The van der Waals surface area contributed by atoms with Crippen LogP contribution in [0.15, 0.2) is 54.6 Å². The molecular formula is C22H21NO3S. The molecule has 1 heterocycles. The molecule has 1 aromatic heterocycles. The summed E-state index contributed by atoms with van der Waals surface area (Å²) < 4.78 is 1.03. The van der Waals surface area contributed by atoms with Crippen molar-refractivity contribution in [2.24, 2.45) is 0 Å². The third kappa shape index (κ3) is 4.63. The summed E-state index contributed by atoms with van der Waals surface area (Å²) in [6.45, 7) is 6.35. The van der Waals surface area contributed by atoms with Crippen molar-refractivity contribution in [1.82, 2.24) is 0 Å². The molecule has 0 unspecified atom stereocenters. The summed E-state index contributed by atoms with van der Waals surface area (Å²) in [7, 11) is 0. The molecule has 2 N–H and O–H groups in total. The second kappa shape index (κ2) is 7.37. The van der Waals surface area contributed by atoms with E-state index in [9.17, 15) is 9.59 Å². The Bertz CT molecular complexity index is 1040. The van der Waals surface area contributed by atoms with Crippen LogP contribution in [-0.4, -0.2) is 17.0 Å². The first-order chi connectivity index (χ1) is 12.7. The molecule has 0 saturated carbocycles.